The maximum Gasteiger partial charge on any atom is 0.573 e. The smallest absolute Gasteiger partial charge is 0.406 e. The molecule has 4 nitrogen and oxygen atoms in total. The predicted octanol–water partition coefficient (Wildman–Crippen LogP) is 3.02. The van der Waals surface area contributed by atoms with Crippen molar-refractivity contribution in [3.8, 4) is 5.75 Å². The number of ether oxygens (including phenoxy) is 1. The number of nitrogens with zero attached hydrogens (tertiary/aromatic N) is 2. The zero-order valence-corrected chi connectivity index (χ0v) is 11.7. The summed E-state index contributed by atoms with van der Waals surface area (Å²) in [6.07, 6.45) is -2.99. The number of halogens is 3. The Morgan fingerprint density at radius 2 is 1.90 bits per heavy atom. The number of alkyl halides is 3. The fourth-order valence-electron chi connectivity index (χ4n) is 2.13. The van der Waals surface area contributed by atoms with E-state index in [1.807, 2.05) is 20.0 Å². The van der Waals surface area contributed by atoms with Gasteiger partial charge < -0.3 is 10.1 Å². The molecule has 0 fully saturated rings. The van der Waals surface area contributed by atoms with Gasteiger partial charge in [0.2, 0.25) is 0 Å². The lowest BCUT2D eigenvalue weighted by molar-refractivity contribution is -0.274. The first-order chi connectivity index (χ1) is 9.90. The quantitative estimate of drug-likeness (QED) is 0.922. The van der Waals surface area contributed by atoms with Crippen LogP contribution >= 0.6 is 0 Å². The molecular formula is C14H16F3N3O. The first-order valence-electron chi connectivity index (χ1n) is 6.47. The van der Waals surface area contributed by atoms with Crippen LogP contribution in [0.15, 0.2) is 36.5 Å². The molecule has 1 heterocycles. The average Bonchev–Trinajstić information content (AvgIpc) is 2.81. The van der Waals surface area contributed by atoms with E-state index >= 15 is 0 Å². The van der Waals surface area contributed by atoms with Crippen molar-refractivity contribution in [2.45, 2.75) is 19.3 Å². The fraction of sp³-hybridized carbons (Fsp3) is 0.357. The van der Waals surface area contributed by atoms with Crippen molar-refractivity contribution in [1.29, 1.82) is 0 Å². The molecule has 21 heavy (non-hydrogen) atoms. The van der Waals surface area contributed by atoms with Crippen LogP contribution in [-0.2, 0) is 7.05 Å². The van der Waals surface area contributed by atoms with E-state index in [1.54, 1.807) is 23.0 Å². The van der Waals surface area contributed by atoms with E-state index < -0.39 is 6.36 Å². The van der Waals surface area contributed by atoms with Crippen molar-refractivity contribution >= 4 is 0 Å². The second kappa shape index (κ2) is 6.17. The minimum atomic E-state index is -4.68. The summed E-state index contributed by atoms with van der Waals surface area (Å²) in [4.78, 5) is 0. The minimum Gasteiger partial charge on any atom is -0.406 e. The van der Waals surface area contributed by atoms with Gasteiger partial charge in [-0.05, 0) is 30.3 Å². The normalized spacial score (nSPS) is 13.2. The Kier molecular flexibility index (Phi) is 4.52. The zero-order valence-electron chi connectivity index (χ0n) is 11.7. The van der Waals surface area contributed by atoms with E-state index in [-0.39, 0.29) is 11.8 Å². The van der Waals surface area contributed by atoms with E-state index in [0.717, 1.165) is 17.8 Å². The lowest BCUT2D eigenvalue weighted by Gasteiger charge is -2.19. The van der Waals surface area contributed by atoms with E-state index in [2.05, 4.69) is 15.2 Å². The van der Waals surface area contributed by atoms with Crippen LogP contribution in [0.5, 0.6) is 5.75 Å². The van der Waals surface area contributed by atoms with Crippen LogP contribution in [0.3, 0.4) is 0 Å². The molecule has 1 N–H and O–H groups in total. The standard InChI is InChI=1S/C14H16F3N3O/c1-3-18-13(12-8-9-19-20(12)2)10-4-6-11(7-5-10)21-14(15,16)17/h4-9,13,18H,3H2,1-2H3. The Balaban J connectivity index is 2.24. The van der Waals surface area contributed by atoms with Gasteiger partial charge >= 0.3 is 6.36 Å². The van der Waals surface area contributed by atoms with Crippen LogP contribution in [0, 0.1) is 0 Å². The van der Waals surface area contributed by atoms with Crippen molar-refractivity contribution in [2.75, 3.05) is 6.54 Å². The molecule has 1 aromatic heterocycles. The molecule has 0 bridgehead atoms. The molecule has 2 rings (SSSR count). The Hall–Kier alpha value is -2.02. The molecule has 0 saturated carbocycles. The SMILES string of the molecule is CCNC(c1ccc(OC(F)(F)F)cc1)c1ccnn1C. The summed E-state index contributed by atoms with van der Waals surface area (Å²) in [5.41, 5.74) is 1.77. The first kappa shape index (κ1) is 15.4. The predicted molar refractivity (Wildman–Crippen MR) is 71.9 cm³/mol. The number of hydrogen-bond donors (Lipinski definition) is 1. The molecule has 114 valence electrons. The van der Waals surface area contributed by atoms with Crippen LogP contribution in [0.4, 0.5) is 13.2 Å². The minimum absolute atomic E-state index is 0.137. The third-order valence-corrected chi connectivity index (χ3v) is 3.01. The third kappa shape index (κ3) is 3.98. The zero-order chi connectivity index (χ0) is 15.5. The van der Waals surface area contributed by atoms with E-state index in [0.29, 0.717) is 0 Å². The highest BCUT2D eigenvalue weighted by molar-refractivity contribution is 5.33. The highest BCUT2D eigenvalue weighted by Gasteiger charge is 2.31. The number of aryl methyl sites for hydroxylation is 1. The first-order valence-corrected chi connectivity index (χ1v) is 6.47. The van der Waals surface area contributed by atoms with Gasteiger partial charge in [-0.2, -0.15) is 5.10 Å². The van der Waals surface area contributed by atoms with Gasteiger partial charge in [-0.1, -0.05) is 19.1 Å². The second-order valence-corrected chi connectivity index (χ2v) is 4.49. The van der Waals surface area contributed by atoms with Gasteiger partial charge in [-0.15, -0.1) is 13.2 Å². The molecule has 1 unspecified atom stereocenters. The van der Waals surface area contributed by atoms with Gasteiger partial charge in [0.25, 0.3) is 0 Å². The van der Waals surface area contributed by atoms with Crippen LogP contribution in [0.25, 0.3) is 0 Å². The Morgan fingerprint density at radius 1 is 1.24 bits per heavy atom. The Bertz CT molecular complexity index is 578. The number of aromatic nitrogens is 2. The molecule has 0 aliphatic carbocycles. The van der Waals surface area contributed by atoms with E-state index in [9.17, 15) is 13.2 Å². The summed E-state index contributed by atoms with van der Waals surface area (Å²) in [6, 6.07) is 7.57. The van der Waals surface area contributed by atoms with Crippen molar-refractivity contribution < 1.29 is 17.9 Å². The molecule has 0 aliphatic rings. The Labute approximate surface area is 120 Å². The van der Waals surface area contributed by atoms with Crippen LogP contribution in [0.2, 0.25) is 0 Å². The summed E-state index contributed by atoms with van der Waals surface area (Å²) in [5.74, 6) is -0.230. The molecule has 1 aromatic carbocycles. The van der Waals surface area contributed by atoms with Gasteiger partial charge in [0.05, 0.1) is 11.7 Å². The highest BCUT2D eigenvalue weighted by atomic mass is 19.4. The number of rotatable bonds is 5. The fourth-order valence-corrected chi connectivity index (χ4v) is 2.13. The second-order valence-electron chi connectivity index (χ2n) is 4.49. The van der Waals surface area contributed by atoms with E-state index in [1.165, 1.54) is 12.1 Å². The van der Waals surface area contributed by atoms with Crippen molar-refractivity contribution in [2.24, 2.45) is 7.05 Å². The number of benzene rings is 1. The maximum atomic E-state index is 12.2. The maximum absolute atomic E-state index is 12.2. The molecule has 7 heteroatoms. The van der Waals surface area contributed by atoms with Crippen LogP contribution in [-0.4, -0.2) is 22.7 Å². The van der Waals surface area contributed by atoms with Gasteiger partial charge in [0, 0.05) is 13.2 Å². The van der Waals surface area contributed by atoms with Crippen molar-refractivity contribution in [1.82, 2.24) is 15.1 Å². The van der Waals surface area contributed by atoms with Crippen molar-refractivity contribution in [3.63, 3.8) is 0 Å². The monoisotopic (exact) mass is 299 g/mol. The average molecular weight is 299 g/mol. The van der Waals surface area contributed by atoms with Crippen LogP contribution < -0.4 is 10.1 Å². The van der Waals surface area contributed by atoms with Gasteiger partial charge in [0.1, 0.15) is 5.75 Å². The largest absolute Gasteiger partial charge is 0.573 e. The summed E-state index contributed by atoms with van der Waals surface area (Å²) in [7, 11) is 1.82. The lowest BCUT2D eigenvalue weighted by Crippen LogP contribution is -2.24. The number of nitrogens with one attached hydrogen (secondary N) is 1. The molecule has 0 amide bonds. The number of hydrogen-bond acceptors (Lipinski definition) is 3. The molecule has 2 aromatic rings. The summed E-state index contributed by atoms with van der Waals surface area (Å²) < 4.78 is 42.1. The van der Waals surface area contributed by atoms with Crippen LogP contribution in [0.1, 0.15) is 24.2 Å². The summed E-state index contributed by atoms with van der Waals surface area (Å²) in [5, 5.41) is 7.40. The molecule has 0 saturated heterocycles. The Morgan fingerprint density at radius 3 is 2.38 bits per heavy atom. The van der Waals surface area contributed by atoms with Gasteiger partial charge in [-0.25, -0.2) is 0 Å². The topological polar surface area (TPSA) is 39.1 Å². The third-order valence-electron chi connectivity index (χ3n) is 3.01. The lowest BCUT2D eigenvalue weighted by atomic mass is 10.0. The summed E-state index contributed by atoms with van der Waals surface area (Å²) >= 11 is 0. The van der Waals surface area contributed by atoms with E-state index in [4.69, 9.17) is 0 Å². The molecular weight excluding hydrogens is 283 g/mol. The molecule has 0 radical (unpaired) electrons. The molecule has 0 aliphatic heterocycles. The molecule has 1 atom stereocenters. The highest BCUT2D eigenvalue weighted by Crippen LogP contribution is 2.26. The summed E-state index contributed by atoms with van der Waals surface area (Å²) in [6.45, 7) is 2.68. The molecule has 0 spiro atoms. The van der Waals surface area contributed by atoms with Gasteiger partial charge in [-0.3, -0.25) is 4.68 Å². The van der Waals surface area contributed by atoms with Gasteiger partial charge in [0.15, 0.2) is 0 Å². The van der Waals surface area contributed by atoms with Crippen molar-refractivity contribution in [3.05, 3.63) is 47.8 Å².